The molecule has 0 radical (unpaired) electrons. The number of morpholine rings is 1. The Labute approximate surface area is 154 Å². The Morgan fingerprint density at radius 2 is 2.13 bits per heavy atom. The van der Waals surface area contributed by atoms with Gasteiger partial charge in [-0.05, 0) is 31.5 Å². The molecule has 2 rings (SSSR count). The number of terminal acetylenes is 1. The summed E-state index contributed by atoms with van der Waals surface area (Å²) in [6, 6.07) is 6.45. The van der Waals surface area contributed by atoms with Crippen LogP contribution in [0, 0.1) is 18.2 Å². The number of guanidine groups is 1. The minimum Gasteiger partial charge on any atom is -0.367 e. The molecule has 0 amide bonds. The van der Waals surface area contributed by atoms with Crippen LogP contribution in [0.1, 0.15) is 25.5 Å². The summed E-state index contributed by atoms with van der Waals surface area (Å²) < 4.78 is 19.1. The first-order chi connectivity index (χ1) is 10.6. The van der Waals surface area contributed by atoms with Gasteiger partial charge in [0.25, 0.3) is 0 Å². The molecule has 1 aliphatic rings. The molecule has 126 valence electrons. The molecule has 4 nitrogen and oxygen atoms in total. The number of hydrogen-bond donors (Lipinski definition) is 1. The molecule has 2 atom stereocenters. The van der Waals surface area contributed by atoms with E-state index in [9.17, 15) is 4.39 Å². The fourth-order valence-corrected chi connectivity index (χ4v) is 2.53. The Hall–Kier alpha value is -1.33. The quantitative estimate of drug-likeness (QED) is 0.346. The molecule has 2 unspecified atom stereocenters. The lowest BCUT2D eigenvalue weighted by Gasteiger charge is -2.38. The van der Waals surface area contributed by atoms with E-state index in [-0.39, 0.29) is 42.0 Å². The van der Waals surface area contributed by atoms with Gasteiger partial charge in [-0.25, -0.2) is 9.38 Å². The summed E-state index contributed by atoms with van der Waals surface area (Å²) in [6.45, 7) is 6.56. The van der Waals surface area contributed by atoms with Crippen LogP contribution in [0.15, 0.2) is 29.3 Å². The van der Waals surface area contributed by atoms with Crippen molar-refractivity contribution in [2.45, 2.75) is 26.1 Å². The van der Waals surface area contributed by atoms with Crippen molar-refractivity contribution in [2.24, 2.45) is 4.99 Å². The van der Waals surface area contributed by atoms with Gasteiger partial charge < -0.3 is 15.0 Å². The summed E-state index contributed by atoms with van der Waals surface area (Å²) in [5, 5.41) is 3.25. The van der Waals surface area contributed by atoms with Crippen molar-refractivity contribution in [2.75, 3.05) is 26.2 Å². The number of nitrogens with zero attached hydrogens (tertiary/aromatic N) is 2. The van der Waals surface area contributed by atoms with Crippen LogP contribution in [-0.4, -0.2) is 43.1 Å². The van der Waals surface area contributed by atoms with Crippen molar-refractivity contribution in [3.8, 4) is 12.3 Å². The molecule has 1 aliphatic heterocycles. The number of halogens is 2. The third-order valence-electron chi connectivity index (χ3n) is 3.46. The average Bonchev–Trinajstić information content (AvgIpc) is 2.51. The third-order valence-corrected chi connectivity index (χ3v) is 3.46. The minimum atomic E-state index is -0.242. The molecule has 0 aliphatic carbocycles. The van der Waals surface area contributed by atoms with E-state index >= 15 is 0 Å². The van der Waals surface area contributed by atoms with Crippen molar-refractivity contribution < 1.29 is 9.13 Å². The van der Waals surface area contributed by atoms with Crippen molar-refractivity contribution in [3.63, 3.8) is 0 Å². The fraction of sp³-hybridized carbons (Fsp3) is 0.471. The van der Waals surface area contributed by atoms with Crippen LogP contribution in [0.2, 0.25) is 0 Å². The predicted molar refractivity (Wildman–Crippen MR) is 101 cm³/mol. The normalized spacial score (nSPS) is 21.3. The second-order valence-electron chi connectivity index (χ2n) is 5.27. The topological polar surface area (TPSA) is 36.9 Å². The van der Waals surface area contributed by atoms with Gasteiger partial charge >= 0.3 is 0 Å². The SMILES string of the molecule is C#CCN=C(NCC)N1CC(C)OC(c2ccc(F)cc2)C1.I. The molecule has 0 spiro atoms. The Bertz CT molecular complexity index is 556. The van der Waals surface area contributed by atoms with Crippen LogP contribution in [0.3, 0.4) is 0 Å². The molecule has 0 saturated carbocycles. The highest BCUT2D eigenvalue weighted by Crippen LogP contribution is 2.25. The second kappa shape index (κ2) is 9.73. The molecule has 1 saturated heterocycles. The summed E-state index contributed by atoms with van der Waals surface area (Å²) >= 11 is 0. The first-order valence-electron chi connectivity index (χ1n) is 7.51. The van der Waals surface area contributed by atoms with Crippen molar-refractivity contribution in [1.82, 2.24) is 10.2 Å². The highest BCUT2D eigenvalue weighted by atomic mass is 127. The van der Waals surface area contributed by atoms with Gasteiger partial charge in [0.05, 0.1) is 12.6 Å². The van der Waals surface area contributed by atoms with Crippen LogP contribution in [0.25, 0.3) is 0 Å². The average molecular weight is 431 g/mol. The number of aliphatic imine (C=N–C) groups is 1. The van der Waals surface area contributed by atoms with E-state index in [1.54, 1.807) is 12.1 Å². The maximum absolute atomic E-state index is 13.1. The number of ether oxygens (including phenoxy) is 1. The van der Waals surface area contributed by atoms with E-state index in [4.69, 9.17) is 11.2 Å². The summed E-state index contributed by atoms with van der Waals surface area (Å²) in [6.07, 6.45) is 5.24. The highest BCUT2D eigenvalue weighted by molar-refractivity contribution is 14.0. The van der Waals surface area contributed by atoms with Crippen molar-refractivity contribution in [1.29, 1.82) is 0 Å². The lowest BCUT2D eigenvalue weighted by Crippen LogP contribution is -2.50. The summed E-state index contributed by atoms with van der Waals surface area (Å²) in [7, 11) is 0. The molecular weight excluding hydrogens is 408 g/mol. The number of nitrogens with one attached hydrogen (secondary N) is 1. The van der Waals surface area contributed by atoms with Crippen LogP contribution < -0.4 is 5.32 Å². The van der Waals surface area contributed by atoms with Gasteiger partial charge in [-0.1, -0.05) is 18.1 Å². The predicted octanol–water partition coefficient (Wildman–Crippen LogP) is 2.80. The molecule has 1 aromatic rings. The van der Waals surface area contributed by atoms with E-state index in [2.05, 4.69) is 21.1 Å². The standard InChI is InChI=1S/C17H22FN3O.HI/c1-4-10-20-17(19-5-2)21-11-13(3)22-16(12-21)14-6-8-15(18)9-7-14;/h1,6-9,13,16H,5,10-12H2,2-3H3,(H,19,20);1H. The summed E-state index contributed by atoms with van der Waals surface area (Å²) in [5.41, 5.74) is 0.964. The van der Waals surface area contributed by atoms with Crippen LogP contribution in [-0.2, 0) is 4.74 Å². The fourth-order valence-electron chi connectivity index (χ4n) is 2.53. The zero-order chi connectivity index (χ0) is 15.9. The van der Waals surface area contributed by atoms with Crippen molar-refractivity contribution in [3.05, 3.63) is 35.6 Å². The molecule has 1 aromatic carbocycles. The molecule has 1 N–H and O–H groups in total. The zero-order valence-corrected chi connectivity index (χ0v) is 15.8. The molecular formula is C17H23FIN3O. The van der Waals surface area contributed by atoms with E-state index in [0.29, 0.717) is 13.1 Å². The van der Waals surface area contributed by atoms with Gasteiger partial charge in [-0.15, -0.1) is 30.4 Å². The first-order valence-corrected chi connectivity index (χ1v) is 7.51. The lowest BCUT2D eigenvalue weighted by atomic mass is 10.1. The Kier molecular flexibility index (Phi) is 8.34. The molecule has 23 heavy (non-hydrogen) atoms. The van der Waals surface area contributed by atoms with Crippen LogP contribution >= 0.6 is 24.0 Å². The van der Waals surface area contributed by atoms with Gasteiger partial charge in [0.15, 0.2) is 5.96 Å². The van der Waals surface area contributed by atoms with E-state index < -0.39 is 0 Å². The third kappa shape index (κ3) is 5.66. The number of rotatable bonds is 3. The monoisotopic (exact) mass is 431 g/mol. The Morgan fingerprint density at radius 1 is 1.43 bits per heavy atom. The Morgan fingerprint density at radius 3 is 2.74 bits per heavy atom. The molecule has 1 fully saturated rings. The van der Waals surface area contributed by atoms with E-state index in [1.165, 1.54) is 12.1 Å². The van der Waals surface area contributed by atoms with E-state index in [1.807, 2.05) is 13.8 Å². The highest BCUT2D eigenvalue weighted by Gasteiger charge is 2.28. The zero-order valence-electron chi connectivity index (χ0n) is 13.5. The van der Waals surface area contributed by atoms with Crippen LogP contribution in [0.4, 0.5) is 4.39 Å². The van der Waals surface area contributed by atoms with Crippen molar-refractivity contribution >= 4 is 29.9 Å². The van der Waals surface area contributed by atoms with Crippen LogP contribution in [0.5, 0.6) is 0 Å². The lowest BCUT2D eigenvalue weighted by molar-refractivity contribution is -0.0605. The maximum Gasteiger partial charge on any atom is 0.195 e. The minimum absolute atomic E-state index is 0. The van der Waals surface area contributed by atoms with Gasteiger partial charge in [0.2, 0.25) is 0 Å². The smallest absolute Gasteiger partial charge is 0.195 e. The number of hydrogen-bond acceptors (Lipinski definition) is 2. The van der Waals surface area contributed by atoms with Gasteiger partial charge in [-0.3, -0.25) is 0 Å². The maximum atomic E-state index is 13.1. The molecule has 6 heteroatoms. The largest absolute Gasteiger partial charge is 0.367 e. The second-order valence-corrected chi connectivity index (χ2v) is 5.27. The Balaban J connectivity index is 0.00000264. The van der Waals surface area contributed by atoms with Gasteiger partial charge in [0.1, 0.15) is 18.5 Å². The molecule has 1 heterocycles. The summed E-state index contributed by atoms with van der Waals surface area (Å²) in [5.74, 6) is 3.08. The van der Waals surface area contributed by atoms with Gasteiger partial charge in [0, 0.05) is 13.1 Å². The first kappa shape index (κ1) is 19.7. The van der Waals surface area contributed by atoms with E-state index in [0.717, 1.165) is 24.6 Å². The molecule has 0 bridgehead atoms. The number of benzene rings is 1. The summed E-state index contributed by atoms with van der Waals surface area (Å²) in [4.78, 5) is 6.55. The molecule has 0 aromatic heterocycles. The van der Waals surface area contributed by atoms with Gasteiger partial charge in [-0.2, -0.15) is 0 Å².